The molecule has 0 aromatic heterocycles. The Labute approximate surface area is 104 Å². The molecule has 17 heavy (non-hydrogen) atoms. The molecule has 0 saturated carbocycles. The maximum atomic E-state index is 12.9. The van der Waals surface area contributed by atoms with Gasteiger partial charge >= 0.3 is 0 Å². The van der Waals surface area contributed by atoms with Crippen molar-refractivity contribution < 1.29 is 4.39 Å². The highest BCUT2D eigenvalue weighted by atomic mass is 19.1. The quantitative estimate of drug-likeness (QED) is 0.713. The summed E-state index contributed by atoms with van der Waals surface area (Å²) < 4.78 is 12.9. The second-order valence-electron chi connectivity index (χ2n) is 4.92. The molecule has 1 rings (SSSR count). The summed E-state index contributed by atoms with van der Waals surface area (Å²) >= 11 is 0. The summed E-state index contributed by atoms with van der Waals surface area (Å²) in [6, 6.07) is 5.04. The van der Waals surface area contributed by atoms with Crippen LogP contribution in [-0.2, 0) is 6.42 Å². The number of nitrogens with one attached hydrogen (secondary N) is 1. The Balaban J connectivity index is 2.26. The van der Waals surface area contributed by atoms with Gasteiger partial charge in [-0.15, -0.1) is 0 Å². The van der Waals surface area contributed by atoms with E-state index in [1.165, 1.54) is 18.4 Å². The van der Waals surface area contributed by atoms with Crippen LogP contribution >= 0.6 is 0 Å². The molecule has 96 valence electrons. The van der Waals surface area contributed by atoms with Crippen molar-refractivity contribution in [2.75, 3.05) is 13.1 Å². The van der Waals surface area contributed by atoms with Crippen molar-refractivity contribution in [2.45, 2.75) is 40.0 Å². The lowest BCUT2D eigenvalue weighted by molar-refractivity contribution is 0.478. The summed E-state index contributed by atoms with van der Waals surface area (Å²) in [7, 11) is 0. The zero-order chi connectivity index (χ0) is 12.7. The van der Waals surface area contributed by atoms with Gasteiger partial charge in [0.1, 0.15) is 5.82 Å². The minimum absolute atomic E-state index is 0.143. The van der Waals surface area contributed by atoms with Crippen LogP contribution in [0.15, 0.2) is 18.2 Å². The van der Waals surface area contributed by atoms with Crippen molar-refractivity contribution in [1.82, 2.24) is 5.32 Å². The summed E-state index contributed by atoms with van der Waals surface area (Å²) in [6.45, 7) is 8.52. The van der Waals surface area contributed by atoms with E-state index in [-0.39, 0.29) is 5.82 Å². The van der Waals surface area contributed by atoms with E-state index in [4.69, 9.17) is 0 Å². The lowest BCUT2D eigenvalue weighted by atomic mass is 10.0. The molecule has 1 nitrogen and oxygen atoms in total. The van der Waals surface area contributed by atoms with Gasteiger partial charge in [-0.25, -0.2) is 4.39 Å². The summed E-state index contributed by atoms with van der Waals surface area (Å²) in [5, 5.41) is 3.47. The van der Waals surface area contributed by atoms with E-state index >= 15 is 0 Å². The van der Waals surface area contributed by atoms with Crippen molar-refractivity contribution in [1.29, 1.82) is 0 Å². The highest BCUT2D eigenvalue weighted by Gasteiger charge is 2.02. The first-order valence-electron chi connectivity index (χ1n) is 6.59. The topological polar surface area (TPSA) is 12.0 Å². The van der Waals surface area contributed by atoms with Crippen LogP contribution in [0, 0.1) is 18.7 Å². The molecule has 1 N–H and O–H groups in total. The molecule has 0 amide bonds. The van der Waals surface area contributed by atoms with Gasteiger partial charge in [-0.05, 0) is 62.0 Å². The SMILES string of the molecule is CCCC(C)CNCCc1ccc(F)cc1C. The molecule has 0 fully saturated rings. The van der Waals surface area contributed by atoms with Gasteiger partial charge in [0.25, 0.3) is 0 Å². The molecule has 0 saturated heterocycles. The second-order valence-corrected chi connectivity index (χ2v) is 4.92. The van der Waals surface area contributed by atoms with Gasteiger partial charge in [-0.1, -0.05) is 26.3 Å². The first kappa shape index (κ1) is 14.2. The predicted octanol–water partition coefficient (Wildman–Crippen LogP) is 3.70. The third kappa shape index (κ3) is 5.31. The van der Waals surface area contributed by atoms with Crippen LogP contribution in [0.2, 0.25) is 0 Å². The summed E-state index contributed by atoms with van der Waals surface area (Å²) in [6.07, 6.45) is 3.51. The number of hydrogen-bond acceptors (Lipinski definition) is 1. The summed E-state index contributed by atoms with van der Waals surface area (Å²) in [5.74, 6) is 0.602. The lowest BCUT2D eigenvalue weighted by Gasteiger charge is -2.12. The normalized spacial score (nSPS) is 12.7. The number of halogens is 1. The fourth-order valence-electron chi connectivity index (χ4n) is 2.11. The minimum atomic E-state index is -0.143. The smallest absolute Gasteiger partial charge is 0.123 e. The Hall–Kier alpha value is -0.890. The fraction of sp³-hybridized carbons (Fsp3) is 0.600. The van der Waals surface area contributed by atoms with E-state index in [2.05, 4.69) is 19.2 Å². The minimum Gasteiger partial charge on any atom is -0.316 e. The van der Waals surface area contributed by atoms with Crippen molar-refractivity contribution in [3.05, 3.63) is 35.1 Å². The zero-order valence-electron chi connectivity index (χ0n) is 11.2. The number of rotatable bonds is 7. The van der Waals surface area contributed by atoms with Gasteiger partial charge in [0, 0.05) is 0 Å². The Morgan fingerprint density at radius 1 is 1.35 bits per heavy atom. The molecule has 2 heteroatoms. The largest absolute Gasteiger partial charge is 0.316 e. The van der Waals surface area contributed by atoms with Gasteiger partial charge in [-0.3, -0.25) is 0 Å². The molecule has 1 unspecified atom stereocenters. The molecule has 0 bridgehead atoms. The van der Waals surface area contributed by atoms with Crippen molar-refractivity contribution >= 4 is 0 Å². The highest BCUT2D eigenvalue weighted by molar-refractivity contribution is 5.26. The maximum absolute atomic E-state index is 12.9. The molecule has 0 spiro atoms. The van der Waals surface area contributed by atoms with Crippen LogP contribution in [-0.4, -0.2) is 13.1 Å². The van der Waals surface area contributed by atoms with Gasteiger partial charge in [-0.2, -0.15) is 0 Å². The average Bonchev–Trinajstić information content (AvgIpc) is 2.27. The Kier molecular flexibility index (Phi) is 6.20. The van der Waals surface area contributed by atoms with E-state index in [1.807, 2.05) is 13.0 Å². The first-order chi connectivity index (χ1) is 8.13. The van der Waals surface area contributed by atoms with E-state index < -0.39 is 0 Å². The van der Waals surface area contributed by atoms with Crippen LogP contribution in [0.3, 0.4) is 0 Å². The molecule has 1 atom stereocenters. The number of benzene rings is 1. The summed E-state index contributed by atoms with van der Waals surface area (Å²) in [4.78, 5) is 0. The Morgan fingerprint density at radius 2 is 2.12 bits per heavy atom. The van der Waals surface area contributed by atoms with Crippen LogP contribution in [0.5, 0.6) is 0 Å². The van der Waals surface area contributed by atoms with Crippen LogP contribution in [0.25, 0.3) is 0 Å². The molecular weight excluding hydrogens is 213 g/mol. The van der Waals surface area contributed by atoms with Crippen LogP contribution < -0.4 is 5.32 Å². The van der Waals surface area contributed by atoms with E-state index in [9.17, 15) is 4.39 Å². The van der Waals surface area contributed by atoms with Gasteiger partial charge < -0.3 is 5.32 Å². The standard InChI is InChI=1S/C15H24FN/c1-4-5-12(2)11-17-9-8-14-6-7-15(16)10-13(14)3/h6-7,10,12,17H,4-5,8-9,11H2,1-3H3. The molecule has 0 heterocycles. The fourth-order valence-corrected chi connectivity index (χ4v) is 2.11. The molecule has 1 aromatic rings. The van der Waals surface area contributed by atoms with Crippen molar-refractivity contribution in [3.8, 4) is 0 Å². The monoisotopic (exact) mass is 237 g/mol. The highest BCUT2D eigenvalue weighted by Crippen LogP contribution is 2.10. The predicted molar refractivity (Wildman–Crippen MR) is 71.8 cm³/mol. The van der Waals surface area contributed by atoms with Crippen molar-refractivity contribution in [2.24, 2.45) is 5.92 Å². The van der Waals surface area contributed by atoms with Gasteiger partial charge in [0.15, 0.2) is 0 Å². The van der Waals surface area contributed by atoms with Crippen LogP contribution in [0.1, 0.15) is 37.8 Å². The Bertz CT molecular complexity index is 336. The molecule has 0 aliphatic heterocycles. The maximum Gasteiger partial charge on any atom is 0.123 e. The number of aryl methyl sites for hydroxylation is 1. The zero-order valence-corrected chi connectivity index (χ0v) is 11.2. The van der Waals surface area contributed by atoms with Gasteiger partial charge in [0.05, 0.1) is 0 Å². The van der Waals surface area contributed by atoms with E-state index in [0.29, 0.717) is 0 Å². The molecule has 0 aliphatic carbocycles. The number of hydrogen-bond donors (Lipinski definition) is 1. The molecular formula is C15H24FN. The molecule has 0 radical (unpaired) electrons. The van der Waals surface area contributed by atoms with Crippen LogP contribution in [0.4, 0.5) is 4.39 Å². The molecule has 0 aliphatic rings. The van der Waals surface area contributed by atoms with E-state index in [1.54, 1.807) is 12.1 Å². The molecule has 1 aromatic carbocycles. The van der Waals surface area contributed by atoms with Gasteiger partial charge in [0.2, 0.25) is 0 Å². The Morgan fingerprint density at radius 3 is 2.76 bits per heavy atom. The summed E-state index contributed by atoms with van der Waals surface area (Å²) in [5.41, 5.74) is 2.29. The third-order valence-corrected chi connectivity index (χ3v) is 3.15. The second kappa shape index (κ2) is 7.44. The van der Waals surface area contributed by atoms with Crippen molar-refractivity contribution in [3.63, 3.8) is 0 Å². The third-order valence-electron chi connectivity index (χ3n) is 3.15. The first-order valence-corrected chi connectivity index (χ1v) is 6.59. The average molecular weight is 237 g/mol. The lowest BCUT2D eigenvalue weighted by Crippen LogP contribution is -2.23. The van der Waals surface area contributed by atoms with E-state index in [0.717, 1.165) is 31.0 Å².